The maximum Gasteiger partial charge on any atom is 0.188 e. The van der Waals surface area contributed by atoms with Gasteiger partial charge in [-0.25, -0.2) is 8.42 Å². The normalized spacial score (nSPS) is 16.9. The molecule has 0 bridgehead atoms. The number of hydrogen-bond acceptors (Lipinski definition) is 2. The van der Waals surface area contributed by atoms with E-state index < -0.39 is 15.3 Å². The summed E-state index contributed by atoms with van der Waals surface area (Å²) < 4.78 is 23.8. The molecular formula is C4H3N2O2S-. The highest BCUT2D eigenvalue weighted by Crippen LogP contribution is 2.17. The molecule has 0 heterocycles. The van der Waals surface area contributed by atoms with Crippen LogP contribution in [0.2, 0.25) is 0 Å². The largest absolute Gasteiger partial charge is 0.422 e. The van der Waals surface area contributed by atoms with Crippen molar-refractivity contribution in [3.05, 3.63) is 17.6 Å². The molecule has 4 nitrogen and oxygen atoms in total. The van der Waals surface area contributed by atoms with E-state index in [0.717, 1.165) is 0 Å². The van der Waals surface area contributed by atoms with E-state index in [-0.39, 0.29) is 0 Å². The third-order valence-electron chi connectivity index (χ3n) is 0.862. The molecule has 9 heavy (non-hydrogen) atoms. The van der Waals surface area contributed by atoms with Crippen molar-refractivity contribution in [1.82, 2.24) is 0 Å². The fraction of sp³-hybridized carbons (Fsp3) is 0.250. The van der Waals surface area contributed by atoms with E-state index in [0.29, 0.717) is 0 Å². The second-order valence-electron chi connectivity index (χ2n) is 1.56. The Balaban J connectivity index is 2.86. The summed E-state index contributed by atoms with van der Waals surface area (Å²) in [7, 11) is -3.48. The summed E-state index contributed by atoms with van der Waals surface area (Å²) in [4.78, 5) is 0. The Morgan fingerprint density at radius 1 is 1.56 bits per heavy atom. The van der Waals surface area contributed by atoms with Crippen molar-refractivity contribution < 1.29 is 8.42 Å². The summed E-state index contributed by atoms with van der Waals surface area (Å²) >= 11 is 0. The fourth-order valence-corrected chi connectivity index (χ4v) is 1.09. The van der Waals surface area contributed by atoms with Gasteiger partial charge in [0, 0.05) is 0 Å². The molecule has 5 heteroatoms. The van der Waals surface area contributed by atoms with E-state index in [1.54, 1.807) is 0 Å². The van der Waals surface area contributed by atoms with E-state index in [1.165, 1.54) is 18.2 Å². The highest BCUT2D eigenvalue weighted by atomic mass is 32.2. The molecule has 0 aromatic rings. The Morgan fingerprint density at radius 3 is 2.44 bits per heavy atom. The fourth-order valence-electron chi connectivity index (χ4n) is 0.362. The van der Waals surface area contributed by atoms with Crippen LogP contribution in [0.25, 0.3) is 5.41 Å². The molecular weight excluding hydrogens is 140 g/mol. The SMILES string of the molecule is [N-]=C=NS(=O)(=O)C1C=C1. The standard InChI is InChI=1S/C4H3N2O2S/c5-3-6-9(7,8)4-1-2-4/h1-2,4H/q-1. The van der Waals surface area contributed by atoms with Crippen LogP contribution in [0.15, 0.2) is 16.5 Å². The summed E-state index contributed by atoms with van der Waals surface area (Å²) in [5, 5.41) is 7.26. The molecule has 1 rings (SSSR count). The first-order valence-corrected chi connectivity index (χ1v) is 3.70. The Labute approximate surface area is 52.5 Å². The van der Waals surface area contributed by atoms with Crippen LogP contribution in [0.1, 0.15) is 0 Å². The van der Waals surface area contributed by atoms with Gasteiger partial charge in [0.05, 0.1) is 0 Å². The lowest BCUT2D eigenvalue weighted by atomic mass is 10.9. The van der Waals surface area contributed by atoms with Gasteiger partial charge in [0.2, 0.25) is 0 Å². The van der Waals surface area contributed by atoms with Crippen LogP contribution in [0.3, 0.4) is 0 Å². The number of nitrogens with zero attached hydrogens (tertiary/aromatic N) is 2. The van der Waals surface area contributed by atoms with Crippen LogP contribution in [-0.4, -0.2) is 19.7 Å². The second-order valence-corrected chi connectivity index (χ2v) is 3.31. The van der Waals surface area contributed by atoms with Crippen molar-refractivity contribution in [1.29, 1.82) is 0 Å². The van der Waals surface area contributed by atoms with Crippen LogP contribution in [0.4, 0.5) is 0 Å². The van der Waals surface area contributed by atoms with Crippen molar-refractivity contribution in [3.8, 4) is 0 Å². The van der Waals surface area contributed by atoms with Crippen LogP contribution in [0, 0.1) is 0 Å². The molecule has 0 fully saturated rings. The van der Waals surface area contributed by atoms with Crippen molar-refractivity contribution in [2.24, 2.45) is 4.40 Å². The van der Waals surface area contributed by atoms with E-state index in [1.807, 2.05) is 0 Å². The minimum absolute atomic E-state index is 0.600. The number of rotatable bonds is 2. The Hall–Kier alpha value is -0.930. The first-order valence-electron chi connectivity index (χ1n) is 2.20. The maximum atomic E-state index is 10.5. The maximum absolute atomic E-state index is 10.5. The molecule has 1 aliphatic rings. The van der Waals surface area contributed by atoms with Gasteiger partial charge in [-0.2, -0.15) is 0 Å². The first-order chi connectivity index (χ1) is 4.17. The van der Waals surface area contributed by atoms with Gasteiger partial charge in [0.1, 0.15) is 5.25 Å². The van der Waals surface area contributed by atoms with Crippen molar-refractivity contribution in [2.75, 3.05) is 0 Å². The Bertz CT molecular complexity index is 278. The third kappa shape index (κ3) is 1.25. The van der Waals surface area contributed by atoms with Gasteiger partial charge in [-0.1, -0.05) is 12.2 Å². The highest BCUT2D eigenvalue weighted by molar-refractivity contribution is 7.91. The summed E-state index contributed by atoms with van der Waals surface area (Å²) in [6.45, 7) is 0. The van der Waals surface area contributed by atoms with E-state index >= 15 is 0 Å². The first kappa shape index (κ1) is 6.19. The molecule has 0 saturated carbocycles. The van der Waals surface area contributed by atoms with Crippen molar-refractivity contribution >= 4 is 16.0 Å². The molecule has 0 atom stereocenters. The van der Waals surface area contributed by atoms with Gasteiger partial charge in [0.25, 0.3) is 0 Å². The third-order valence-corrected chi connectivity index (χ3v) is 2.20. The zero-order valence-electron chi connectivity index (χ0n) is 4.35. The molecule has 1 aliphatic carbocycles. The average Bonchev–Trinajstić information content (AvgIpc) is 2.41. The lowest BCUT2D eigenvalue weighted by molar-refractivity contribution is 0.599. The van der Waals surface area contributed by atoms with Crippen molar-refractivity contribution in [2.45, 2.75) is 5.25 Å². The lowest BCUT2D eigenvalue weighted by Crippen LogP contribution is -2.02. The predicted octanol–water partition coefficient (Wildman–Crippen LogP) is -0.00210. The molecule has 48 valence electrons. The molecule has 0 aromatic carbocycles. The molecule has 0 N–H and O–H groups in total. The van der Waals surface area contributed by atoms with Gasteiger partial charge in [-0.05, 0) is 0 Å². The molecule has 0 aliphatic heterocycles. The van der Waals surface area contributed by atoms with Gasteiger partial charge >= 0.3 is 0 Å². The molecule has 0 unspecified atom stereocenters. The van der Waals surface area contributed by atoms with E-state index in [9.17, 15) is 8.42 Å². The molecule has 0 saturated heterocycles. The predicted molar refractivity (Wildman–Crippen MR) is 32.6 cm³/mol. The van der Waals surface area contributed by atoms with E-state index in [4.69, 9.17) is 5.41 Å². The van der Waals surface area contributed by atoms with Crippen molar-refractivity contribution in [3.63, 3.8) is 0 Å². The lowest BCUT2D eigenvalue weighted by Gasteiger charge is -1.95. The topological polar surface area (TPSA) is 68.8 Å². The van der Waals surface area contributed by atoms with Gasteiger partial charge < -0.3 is 9.81 Å². The Morgan fingerprint density at radius 2 is 2.11 bits per heavy atom. The van der Waals surface area contributed by atoms with Crippen LogP contribution < -0.4 is 0 Å². The monoisotopic (exact) mass is 143 g/mol. The molecule has 0 spiro atoms. The van der Waals surface area contributed by atoms with Crippen LogP contribution in [0.5, 0.6) is 0 Å². The van der Waals surface area contributed by atoms with Gasteiger partial charge in [-0.15, -0.1) is 6.01 Å². The molecule has 0 aromatic heterocycles. The summed E-state index contributed by atoms with van der Waals surface area (Å²) in [6.07, 6.45) is 2.94. The second kappa shape index (κ2) is 1.79. The van der Waals surface area contributed by atoms with Gasteiger partial charge in [0.15, 0.2) is 10.0 Å². The summed E-state index contributed by atoms with van der Waals surface area (Å²) in [5.74, 6) is 0. The quantitative estimate of drug-likeness (QED) is 0.403. The smallest absolute Gasteiger partial charge is 0.188 e. The minimum Gasteiger partial charge on any atom is -0.422 e. The summed E-state index contributed by atoms with van der Waals surface area (Å²) in [5.41, 5.74) is 0. The Kier molecular flexibility index (Phi) is 1.23. The zero-order valence-corrected chi connectivity index (χ0v) is 5.17. The average molecular weight is 143 g/mol. The molecule has 0 radical (unpaired) electrons. The number of hydrogen-bond donors (Lipinski definition) is 0. The zero-order chi connectivity index (χ0) is 6.91. The summed E-state index contributed by atoms with van der Waals surface area (Å²) in [6, 6.07) is 1.23. The van der Waals surface area contributed by atoms with E-state index in [2.05, 4.69) is 4.40 Å². The number of sulfonamides is 1. The van der Waals surface area contributed by atoms with Crippen LogP contribution in [-0.2, 0) is 10.0 Å². The highest BCUT2D eigenvalue weighted by Gasteiger charge is 2.22. The van der Waals surface area contributed by atoms with Crippen LogP contribution >= 0.6 is 0 Å². The van der Waals surface area contributed by atoms with Gasteiger partial charge in [-0.3, -0.25) is 0 Å². The molecule has 0 amide bonds. The minimum atomic E-state index is -3.48.